The Bertz CT molecular complexity index is 1060. The van der Waals surface area contributed by atoms with Crippen molar-refractivity contribution in [3.63, 3.8) is 0 Å². The van der Waals surface area contributed by atoms with Crippen LogP contribution in [0.5, 0.6) is 0 Å². The highest BCUT2D eigenvalue weighted by molar-refractivity contribution is 5.80. The van der Waals surface area contributed by atoms with Crippen LogP contribution in [0.1, 0.15) is 79.1 Å². The van der Waals surface area contributed by atoms with Gasteiger partial charge in [-0.15, -0.1) is 0 Å². The summed E-state index contributed by atoms with van der Waals surface area (Å²) in [6.07, 6.45) is 16.0. The molecule has 7 heteroatoms. The van der Waals surface area contributed by atoms with E-state index in [4.69, 9.17) is 0 Å². The molecule has 2 fully saturated rings. The van der Waals surface area contributed by atoms with Crippen LogP contribution < -0.4 is 27.0 Å². The largest absolute Gasteiger partial charge is 1.00 e. The predicted octanol–water partition coefficient (Wildman–Crippen LogP) is 2.98. The van der Waals surface area contributed by atoms with Crippen LogP contribution in [0.4, 0.5) is 5.82 Å². The highest BCUT2D eigenvalue weighted by Gasteiger charge is 2.52. The molecule has 0 bridgehead atoms. The van der Waals surface area contributed by atoms with Crippen molar-refractivity contribution in [3.05, 3.63) is 36.5 Å². The number of aryl methyl sites for hydroxylation is 1. The second-order valence-electron chi connectivity index (χ2n) is 11.5. The van der Waals surface area contributed by atoms with E-state index in [9.17, 15) is 5.21 Å². The molecule has 4 rings (SSSR count). The van der Waals surface area contributed by atoms with Crippen molar-refractivity contribution in [1.29, 1.82) is 0 Å². The lowest BCUT2D eigenvalue weighted by atomic mass is 9.47. The van der Waals surface area contributed by atoms with Crippen molar-refractivity contribution < 1.29 is 26.8 Å². The number of fused-ring (bicyclic) bond motifs is 2. The predicted molar refractivity (Wildman–Crippen MR) is 133 cm³/mol. The van der Waals surface area contributed by atoms with Gasteiger partial charge in [-0.25, -0.2) is 10.0 Å². The maximum Gasteiger partial charge on any atom is 0.307 e. The van der Waals surface area contributed by atoms with Gasteiger partial charge in [0.1, 0.15) is 0 Å². The Morgan fingerprint density at radius 3 is 2.82 bits per heavy atom. The van der Waals surface area contributed by atoms with E-state index in [1.165, 1.54) is 62.4 Å². The summed E-state index contributed by atoms with van der Waals surface area (Å²) in [5.41, 5.74) is 7.59. The fourth-order valence-electron chi connectivity index (χ4n) is 7.18. The molecule has 2 aliphatic rings. The number of allylic oxidation sites excluding steroid dienone is 3. The summed E-state index contributed by atoms with van der Waals surface area (Å²) in [4.78, 5) is 8.50. The molecule has 0 spiro atoms. The van der Waals surface area contributed by atoms with E-state index in [-0.39, 0.29) is 17.0 Å². The number of hydrogen-bond donors (Lipinski definition) is 2. The van der Waals surface area contributed by atoms with Crippen LogP contribution in [0.15, 0.2) is 36.5 Å². The third kappa shape index (κ3) is 4.97. The molecule has 34 heavy (non-hydrogen) atoms. The third-order valence-corrected chi connectivity index (χ3v) is 8.86. The molecule has 2 aromatic heterocycles. The zero-order valence-corrected chi connectivity index (χ0v) is 23.2. The minimum Gasteiger partial charge on any atom is -1.00 e. The molecule has 2 saturated carbocycles. The molecule has 6 nitrogen and oxygen atoms in total. The van der Waals surface area contributed by atoms with E-state index in [0.29, 0.717) is 22.6 Å². The SMILES string of the molecule is C=C1CC[C@H]2C(C)(C)CCC[C@]2(C)[C@H]1CCC/C(C)=C/Cn1c[n+](C)c2ncnc(NO)c21.[Br-]. The molecule has 188 valence electrons. The molecule has 2 heterocycles. The number of nitrogens with one attached hydrogen (secondary N) is 1. The molecule has 2 aromatic rings. The average Bonchev–Trinajstić information content (AvgIpc) is 3.09. The molecular weight excluding hydrogens is 490 g/mol. The second kappa shape index (κ2) is 10.5. The van der Waals surface area contributed by atoms with E-state index in [1.54, 1.807) is 0 Å². The highest BCUT2D eigenvalue weighted by Crippen LogP contribution is 2.61. The second-order valence-corrected chi connectivity index (χ2v) is 11.5. The topological polar surface area (TPSA) is 66.9 Å². The van der Waals surface area contributed by atoms with Gasteiger partial charge in [0.25, 0.3) is 0 Å². The molecule has 2 N–H and O–H groups in total. The standard InChI is InChI=1S/C27H42N5O.BrH/c1-19(13-16-32-18-31(6)25-23(32)24(30-33)28-17-29-25)9-7-10-21-20(2)11-12-22-26(3,4)14-8-15-27(21,22)5;/h13,17-18,21-22,33H,2,7-12,14-16H2,1,3-6H3,(H,28,29,30);1H/q+1;/p-1/b19-13+;/t21-,22-,27+;/m0./s1. The van der Waals surface area contributed by atoms with Crippen LogP contribution in [0.25, 0.3) is 11.2 Å². The van der Waals surface area contributed by atoms with Gasteiger partial charge < -0.3 is 17.0 Å². The molecule has 0 aliphatic heterocycles. The van der Waals surface area contributed by atoms with Crippen molar-refractivity contribution in [3.8, 4) is 0 Å². The van der Waals surface area contributed by atoms with E-state index in [2.05, 4.69) is 60.4 Å². The first-order valence-corrected chi connectivity index (χ1v) is 12.6. The smallest absolute Gasteiger partial charge is 0.307 e. The lowest BCUT2D eigenvalue weighted by molar-refractivity contribution is -0.647. The molecule has 0 unspecified atom stereocenters. The number of rotatable bonds is 7. The normalized spacial score (nSPS) is 26.8. The minimum absolute atomic E-state index is 0. The Labute approximate surface area is 215 Å². The van der Waals surface area contributed by atoms with E-state index in [0.717, 1.165) is 30.0 Å². The number of halogens is 1. The first-order valence-electron chi connectivity index (χ1n) is 12.6. The monoisotopic (exact) mass is 531 g/mol. The van der Waals surface area contributed by atoms with Crippen LogP contribution in [0, 0.1) is 22.7 Å². The molecule has 0 aromatic carbocycles. The maximum absolute atomic E-state index is 9.46. The Morgan fingerprint density at radius 1 is 1.32 bits per heavy atom. The Morgan fingerprint density at radius 2 is 2.09 bits per heavy atom. The number of nitrogens with zero attached hydrogens (tertiary/aromatic N) is 4. The summed E-state index contributed by atoms with van der Waals surface area (Å²) in [7, 11) is 1.96. The quantitative estimate of drug-likeness (QED) is 0.327. The third-order valence-electron chi connectivity index (χ3n) is 8.86. The first kappa shape index (κ1) is 26.9. The van der Waals surface area contributed by atoms with Gasteiger partial charge in [0.05, 0.1) is 13.6 Å². The molecule has 0 radical (unpaired) electrons. The van der Waals surface area contributed by atoms with Gasteiger partial charge in [-0.3, -0.25) is 9.77 Å². The highest BCUT2D eigenvalue weighted by atomic mass is 79.9. The van der Waals surface area contributed by atoms with Crippen LogP contribution in [0.3, 0.4) is 0 Å². The number of anilines is 1. The van der Waals surface area contributed by atoms with Crippen LogP contribution in [0.2, 0.25) is 0 Å². The number of aromatic nitrogens is 4. The van der Waals surface area contributed by atoms with Crippen LogP contribution >= 0.6 is 0 Å². The van der Waals surface area contributed by atoms with Crippen molar-refractivity contribution in [2.24, 2.45) is 29.7 Å². The van der Waals surface area contributed by atoms with Gasteiger partial charge in [-0.2, -0.15) is 4.98 Å². The lowest BCUT2D eigenvalue weighted by Gasteiger charge is -2.58. The lowest BCUT2D eigenvalue weighted by Crippen LogP contribution is -3.00. The molecule has 0 amide bonds. The fraction of sp³-hybridized carbons (Fsp3) is 0.667. The number of imidazole rings is 1. The summed E-state index contributed by atoms with van der Waals surface area (Å²) in [6.45, 7) is 15.1. The first-order chi connectivity index (χ1) is 15.7. The van der Waals surface area contributed by atoms with Crippen molar-refractivity contribution in [2.45, 2.75) is 85.6 Å². The molecule has 2 aliphatic carbocycles. The van der Waals surface area contributed by atoms with Crippen LogP contribution in [-0.4, -0.2) is 19.7 Å². The maximum atomic E-state index is 9.46. The zero-order valence-electron chi connectivity index (χ0n) is 21.6. The Balaban J connectivity index is 0.00000324. The Kier molecular flexibility index (Phi) is 8.29. The molecule has 3 atom stereocenters. The van der Waals surface area contributed by atoms with Crippen molar-refractivity contribution >= 4 is 17.0 Å². The van der Waals surface area contributed by atoms with E-state index < -0.39 is 0 Å². The average molecular weight is 533 g/mol. The van der Waals surface area contributed by atoms with E-state index in [1.807, 2.05) is 17.9 Å². The fourth-order valence-corrected chi connectivity index (χ4v) is 7.18. The van der Waals surface area contributed by atoms with E-state index >= 15 is 0 Å². The summed E-state index contributed by atoms with van der Waals surface area (Å²) in [5.74, 6) is 1.91. The van der Waals surface area contributed by atoms with Gasteiger partial charge in [0.15, 0.2) is 18.5 Å². The van der Waals surface area contributed by atoms with Crippen molar-refractivity contribution in [2.75, 3.05) is 5.48 Å². The summed E-state index contributed by atoms with van der Waals surface area (Å²) < 4.78 is 4.04. The molecule has 0 saturated heterocycles. The van der Waals surface area contributed by atoms with Gasteiger partial charge in [-0.1, -0.05) is 56.0 Å². The molecular formula is C27H42BrN5O. The summed E-state index contributed by atoms with van der Waals surface area (Å²) in [6, 6.07) is 0. The van der Waals surface area contributed by atoms with Gasteiger partial charge in [0, 0.05) is 0 Å². The Hall–Kier alpha value is -1.73. The van der Waals surface area contributed by atoms with Gasteiger partial charge in [0.2, 0.25) is 5.52 Å². The van der Waals surface area contributed by atoms with Crippen molar-refractivity contribution in [1.82, 2.24) is 14.5 Å². The minimum atomic E-state index is 0. The van der Waals surface area contributed by atoms with Gasteiger partial charge >= 0.3 is 5.65 Å². The number of hydrogen-bond acceptors (Lipinski definition) is 4. The van der Waals surface area contributed by atoms with Crippen LogP contribution in [-0.2, 0) is 13.6 Å². The zero-order chi connectivity index (χ0) is 23.8. The summed E-state index contributed by atoms with van der Waals surface area (Å²) in [5, 5.41) is 9.46. The van der Waals surface area contributed by atoms with Gasteiger partial charge in [-0.05, 0) is 74.5 Å². The summed E-state index contributed by atoms with van der Waals surface area (Å²) >= 11 is 0.